The highest BCUT2D eigenvalue weighted by atomic mass is 35.5. The minimum atomic E-state index is 0.189. The fraction of sp³-hybridized carbons (Fsp3) is 0.417. The normalized spacial score (nSPS) is 14.9. The molecule has 0 radical (unpaired) electrons. The molecule has 0 spiro atoms. The highest BCUT2D eigenvalue weighted by Gasteiger charge is 2.20. The predicted molar refractivity (Wildman–Crippen MR) is 67.4 cm³/mol. The summed E-state index contributed by atoms with van der Waals surface area (Å²) in [6.07, 6.45) is 1.43. The number of carbonyl (C=O) groups is 1. The van der Waals surface area contributed by atoms with Crippen molar-refractivity contribution in [2.45, 2.75) is 12.8 Å². The Kier molecular flexibility index (Phi) is 3.34. The smallest absolute Gasteiger partial charge is 0.227 e. The number of alkyl halides is 1. The maximum atomic E-state index is 11.5. The van der Waals surface area contributed by atoms with E-state index >= 15 is 0 Å². The van der Waals surface area contributed by atoms with E-state index in [4.69, 9.17) is 11.6 Å². The number of nitrogens with zero attached hydrogens (tertiary/aromatic N) is 1. The molecule has 4 heteroatoms. The van der Waals surface area contributed by atoms with Gasteiger partial charge >= 0.3 is 0 Å². The van der Waals surface area contributed by atoms with E-state index in [0.29, 0.717) is 12.3 Å². The van der Waals surface area contributed by atoms with Crippen LogP contribution in [0.25, 0.3) is 0 Å². The molecule has 1 amide bonds. The maximum absolute atomic E-state index is 11.5. The van der Waals surface area contributed by atoms with Crippen LogP contribution in [0.15, 0.2) is 18.2 Å². The number of nitrogens with one attached hydrogen (secondary N) is 1. The number of aryl methyl sites for hydroxylation is 1. The Balaban J connectivity index is 2.23. The lowest BCUT2D eigenvalue weighted by Gasteiger charge is -2.26. The van der Waals surface area contributed by atoms with Gasteiger partial charge in [-0.2, -0.15) is 0 Å². The monoisotopic (exact) mass is 238 g/mol. The summed E-state index contributed by atoms with van der Waals surface area (Å²) < 4.78 is 0. The Morgan fingerprint density at radius 2 is 2.25 bits per heavy atom. The van der Waals surface area contributed by atoms with E-state index in [1.165, 1.54) is 5.56 Å². The number of anilines is 2. The Hall–Kier alpha value is -1.22. The number of halogens is 1. The van der Waals surface area contributed by atoms with Gasteiger partial charge in [0.15, 0.2) is 0 Å². The van der Waals surface area contributed by atoms with Crippen LogP contribution in [0.3, 0.4) is 0 Å². The zero-order valence-electron chi connectivity index (χ0n) is 9.29. The molecule has 2 rings (SSSR count). The molecule has 0 fully saturated rings. The molecule has 16 heavy (non-hydrogen) atoms. The van der Waals surface area contributed by atoms with Crippen LogP contribution in [0, 0.1) is 0 Å². The molecule has 0 atom stereocenters. The van der Waals surface area contributed by atoms with Crippen molar-refractivity contribution in [2.75, 3.05) is 29.7 Å². The second kappa shape index (κ2) is 4.74. The molecule has 1 aliphatic heterocycles. The van der Waals surface area contributed by atoms with E-state index in [1.807, 2.05) is 19.2 Å². The third kappa shape index (κ3) is 2.14. The minimum absolute atomic E-state index is 0.189. The quantitative estimate of drug-likeness (QED) is 0.820. The molecule has 1 N–H and O–H groups in total. The van der Waals surface area contributed by atoms with Crippen molar-refractivity contribution in [1.82, 2.24) is 0 Å². The lowest BCUT2D eigenvalue weighted by Crippen LogP contribution is -2.31. The Morgan fingerprint density at radius 1 is 1.44 bits per heavy atom. The molecule has 0 saturated carbocycles. The van der Waals surface area contributed by atoms with E-state index in [2.05, 4.69) is 11.4 Å². The molecule has 0 aromatic heterocycles. The minimum Gasteiger partial charge on any atom is -0.384 e. The molecule has 0 unspecified atom stereocenters. The van der Waals surface area contributed by atoms with Gasteiger partial charge in [-0.1, -0.05) is 0 Å². The van der Waals surface area contributed by atoms with Gasteiger partial charge < -0.3 is 10.2 Å². The fourth-order valence-corrected chi connectivity index (χ4v) is 2.05. The number of benzene rings is 1. The summed E-state index contributed by atoms with van der Waals surface area (Å²) in [6, 6.07) is 6.08. The van der Waals surface area contributed by atoms with Crippen LogP contribution in [0.1, 0.15) is 12.0 Å². The molecule has 0 saturated heterocycles. The molecular weight excluding hydrogens is 224 g/mol. The third-order valence-electron chi connectivity index (χ3n) is 2.85. The van der Waals surface area contributed by atoms with Crippen molar-refractivity contribution >= 4 is 28.9 Å². The van der Waals surface area contributed by atoms with Gasteiger partial charge in [-0.25, -0.2) is 0 Å². The van der Waals surface area contributed by atoms with Gasteiger partial charge in [-0.05, 0) is 30.2 Å². The number of rotatable bonds is 3. The first-order chi connectivity index (χ1) is 7.72. The molecular formula is C12H15ClN2O. The molecule has 3 nitrogen and oxygen atoms in total. The van der Waals surface area contributed by atoms with E-state index < -0.39 is 0 Å². The van der Waals surface area contributed by atoms with Crippen LogP contribution < -0.4 is 10.2 Å². The third-order valence-corrected chi connectivity index (χ3v) is 3.04. The van der Waals surface area contributed by atoms with Gasteiger partial charge in [0.05, 0.1) is 0 Å². The van der Waals surface area contributed by atoms with E-state index in [1.54, 1.807) is 4.90 Å². The number of amides is 1. The van der Waals surface area contributed by atoms with E-state index in [9.17, 15) is 4.79 Å². The van der Waals surface area contributed by atoms with Crippen molar-refractivity contribution in [2.24, 2.45) is 0 Å². The van der Waals surface area contributed by atoms with Crippen LogP contribution in [0.2, 0.25) is 0 Å². The molecule has 1 aromatic carbocycles. The van der Waals surface area contributed by atoms with E-state index in [0.717, 1.165) is 24.3 Å². The van der Waals surface area contributed by atoms with Crippen molar-refractivity contribution < 1.29 is 4.79 Å². The number of carbonyl (C=O) groups excluding carboxylic acids is 1. The average molecular weight is 239 g/mol. The van der Waals surface area contributed by atoms with Gasteiger partial charge in [0, 0.05) is 37.3 Å². The van der Waals surface area contributed by atoms with Gasteiger partial charge in [-0.3, -0.25) is 4.79 Å². The van der Waals surface area contributed by atoms with Gasteiger partial charge in [0.2, 0.25) is 5.91 Å². The lowest BCUT2D eigenvalue weighted by atomic mass is 10.0. The van der Waals surface area contributed by atoms with Crippen LogP contribution in [0.4, 0.5) is 11.4 Å². The Bertz CT molecular complexity index is 406. The standard InChI is InChI=1S/C12H15ClN2O/c1-15-11-4-3-10(14-7-6-13)8-9(11)2-5-12(15)16/h3-4,8,14H,2,5-7H2,1H3. The van der Waals surface area contributed by atoms with Crippen molar-refractivity contribution in [3.05, 3.63) is 23.8 Å². The summed E-state index contributed by atoms with van der Waals surface area (Å²) >= 11 is 5.62. The van der Waals surface area contributed by atoms with E-state index in [-0.39, 0.29) is 5.91 Å². The highest BCUT2D eigenvalue weighted by molar-refractivity contribution is 6.18. The van der Waals surface area contributed by atoms with Crippen LogP contribution in [-0.4, -0.2) is 25.4 Å². The van der Waals surface area contributed by atoms with Crippen molar-refractivity contribution in [1.29, 1.82) is 0 Å². The zero-order valence-corrected chi connectivity index (χ0v) is 10.0. The summed E-state index contributed by atoms with van der Waals surface area (Å²) in [4.78, 5) is 13.2. The summed E-state index contributed by atoms with van der Waals surface area (Å²) in [6.45, 7) is 0.759. The average Bonchev–Trinajstić information content (AvgIpc) is 2.31. The van der Waals surface area contributed by atoms with Crippen molar-refractivity contribution in [3.8, 4) is 0 Å². The molecule has 0 bridgehead atoms. The van der Waals surface area contributed by atoms with Gasteiger partial charge in [-0.15, -0.1) is 11.6 Å². The predicted octanol–water partition coefficient (Wildman–Crippen LogP) is 2.25. The van der Waals surface area contributed by atoms with Gasteiger partial charge in [0.25, 0.3) is 0 Å². The molecule has 1 aliphatic rings. The number of hydrogen-bond acceptors (Lipinski definition) is 2. The topological polar surface area (TPSA) is 32.3 Å². The Labute approximate surface area is 100 Å². The van der Waals surface area contributed by atoms with Gasteiger partial charge in [0.1, 0.15) is 0 Å². The number of hydrogen-bond donors (Lipinski definition) is 1. The molecule has 1 heterocycles. The summed E-state index contributed by atoms with van der Waals surface area (Å²) in [5.74, 6) is 0.782. The summed E-state index contributed by atoms with van der Waals surface area (Å²) in [5.41, 5.74) is 3.32. The second-order valence-corrected chi connectivity index (χ2v) is 4.29. The fourth-order valence-electron chi connectivity index (χ4n) is 1.96. The zero-order chi connectivity index (χ0) is 11.5. The molecule has 0 aliphatic carbocycles. The van der Waals surface area contributed by atoms with Crippen LogP contribution >= 0.6 is 11.6 Å². The number of fused-ring (bicyclic) bond motifs is 1. The first-order valence-corrected chi connectivity index (χ1v) is 5.95. The summed E-state index contributed by atoms with van der Waals surface area (Å²) in [5, 5.41) is 3.24. The van der Waals surface area contributed by atoms with Crippen LogP contribution in [-0.2, 0) is 11.2 Å². The molecule has 1 aromatic rings. The molecule has 86 valence electrons. The SMILES string of the molecule is CN1C(=O)CCc2cc(NCCCl)ccc21. The summed E-state index contributed by atoms with van der Waals surface area (Å²) in [7, 11) is 1.83. The maximum Gasteiger partial charge on any atom is 0.227 e. The highest BCUT2D eigenvalue weighted by Crippen LogP contribution is 2.29. The lowest BCUT2D eigenvalue weighted by molar-refractivity contribution is -0.118. The first-order valence-electron chi connectivity index (χ1n) is 5.41. The van der Waals surface area contributed by atoms with Crippen LogP contribution in [0.5, 0.6) is 0 Å². The second-order valence-electron chi connectivity index (χ2n) is 3.91. The first kappa shape index (κ1) is 11.3. The Morgan fingerprint density at radius 3 is 3.00 bits per heavy atom. The largest absolute Gasteiger partial charge is 0.384 e. The van der Waals surface area contributed by atoms with Crippen molar-refractivity contribution in [3.63, 3.8) is 0 Å².